The molecule has 0 aliphatic heterocycles. The zero-order chi connectivity index (χ0) is 15.1. The molecular weight excluding hydrogens is 286 g/mol. The molecule has 5 heteroatoms. The van der Waals surface area contributed by atoms with E-state index >= 15 is 0 Å². The van der Waals surface area contributed by atoms with E-state index < -0.39 is 0 Å². The minimum Gasteiger partial charge on any atom is -0.384 e. The maximum Gasteiger partial charge on any atom is 0.222 e. The summed E-state index contributed by atoms with van der Waals surface area (Å²) in [6, 6.07) is 9.48. The molecule has 1 aromatic heterocycles. The molecule has 0 fully saturated rings. The standard InChI is InChI=1S/C16H18ClN3O/c1-12-14(17)5-2-6-15(12)19-9-7-16(21)20-11-13-4-3-8-18-10-13/h2-6,8,10,19H,7,9,11H2,1H3,(H,20,21). The lowest BCUT2D eigenvalue weighted by atomic mass is 10.2. The van der Waals surface area contributed by atoms with Gasteiger partial charge in [0, 0.05) is 42.6 Å². The molecule has 0 bridgehead atoms. The molecule has 0 unspecified atom stereocenters. The van der Waals surface area contributed by atoms with Crippen LogP contribution in [0.15, 0.2) is 42.7 Å². The number of nitrogens with one attached hydrogen (secondary N) is 2. The van der Waals surface area contributed by atoms with Crippen LogP contribution in [-0.2, 0) is 11.3 Å². The molecule has 1 heterocycles. The Hall–Kier alpha value is -2.07. The first-order valence-electron chi connectivity index (χ1n) is 6.81. The highest BCUT2D eigenvalue weighted by Gasteiger charge is 2.04. The van der Waals surface area contributed by atoms with Gasteiger partial charge in [0.15, 0.2) is 0 Å². The van der Waals surface area contributed by atoms with Gasteiger partial charge in [-0.3, -0.25) is 9.78 Å². The Kier molecular flexibility index (Phi) is 5.58. The molecule has 21 heavy (non-hydrogen) atoms. The monoisotopic (exact) mass is 303 g/mol. The van der Waals surface area contributed by atoms with Crippen LogP contribution in [0.4, 0.5) is 5.69 Å². The van der Waals surface area contributed by atoms with Crippen LogP contribution >= 0.6 is 11.6 Å². The van der Waals surface area contributed by atoms with Crippen LogP contribution in [0.3, 0.4) is 0 Å². The summed E-state index contributed by atoms with van der Waals surface area (Å²) < 4.78 is 0. The first-order chi connectivity index (χ1) is 10.2. The third-order valence-corrected chi connectivity index (χ3v) is 3.56. The van der Waals surface area contributed by atoms with Crippen molar-refractivity contribution in [3.8, 4) is 0 Å². The summed E-state index contributed by atoms with van der Waals surface area (Å²) in [4.78, 5) is 15.8. The zero-order valence-electron chi connectivity index (χ0n) is 11.9. The Morgan fingerprint density at radius 2 is 2.14 bits per heavy atom. The lowest BCUT2D eigenvalue weighted by Gasteiger charge is -2.10. The number of hydrogen-bond acceptors (Lipinski definition) is 3. The Balaban J connectivity index is 1.73. The van der Waals surface area contributed by atoms with Crippen molar-refractivity contribution in [1.29, 1.82) is 0 Å². The van der Waals surface area contributed by atoms with Crippen molar-refractivity contribution in [2.75, 3.05) is 11.9 Å². The maximum atomic E-state index is 11.8. The summed E-state index contributed by atoms with van der Waals surface area (Å²) in [5.41, 5.74) is 2.95. The van der Waals surface area contributed by atoms with Gasteiger partial charge >= 0.3 is 0 Å². The van der Waals surface area contributed by atoms with Gasteiger partial charge in [0.05, 0.1) is 0 Å². The number of benzene rings is 1. The average molecular weight is 304 g/mol. The van der Waals surface area contributed by atoms with E-state index in [1.807, 2.05) is 37.3 Å². The molecule has 2 aromatic rings. The van der Waals surface area contributed by atoms with Gasteiger partial charge in [0.25, 0.3) is 0 Å². The molecule has 1 amide bonds. The minimum absolute atomic E-state index is 0.00559. The molecule has 0 radical (unpaired) electrons. The van der Waals surface area contributed by atoms with Gasteiger partial charge in [-0.2, -0.15) is 0 Å². The van der Waals surface area contributed by atoms with Gasteiger partial charge in [-0.1, -0.05) is 23.7 Å². The minimum atomic E-state index is 0.00559. The van der Waals surface area contributed by atoms with E-state index in [2.05, 4.69) is 15.6 Å². The number of halogens is 1. The second-order valence-electron chi connectivity index (χ2n) is 4.73. The predicted molar refractivity (Wildman–Crippen MR) is 85.4 cm³/mol. The molecule has 0 saturated heterocycles. The van der Waals surface area contributed by atoms with Crippen molar-refractivity contribution in [2.45, 2.75) is 19.9 Å². The number of pyridine rings is 1. The van der Waals surface area contributed by atoms with Gasteiger partial charge in [0.2, 0.25) is 5.91 Å². The molecule has 110 valence electrons. The van der Waals surface area contributed by atoms with Crippen molar-refractivity contribution in [3.05, 3.63) is 58.9 Å². The number of nitrogens with zero attached hydrogens (tertiary/aromatic N) is 1. The summed E-state index contributed by atoms with van der Waals surface area (Å²) >= 11 is 6.05. The molecule has 0 saturated carbocycles. The number of rotatable bonds is 6. The number of anilines is 1. The Morgan fingerprint density at radius 1 is 1.29 bits per heavy atom. The van der Waals surface area contributed by atoms with Crippen LogP contribution in [0.1, 0.15) is 17.5 Å². The molecule has 2 N–H and O–H groups in total. The second kappa shape index (κ2) is 7.64. The van der Waals surface area contributed by atoms with E-state index in [-0.39, 0.29) is 5.91 Å². The molecule has 0 aliphatic rings. The largest absolute Gasteiger partial charge is 0.384 e. The predicted octanol–water partition coefficient (Wildman–Crippen LogP) is 3.16. The normalized spacial score (nSPS) is 10.2. The summed E-state index contributed by atoms with van der Waals surface area (Å²) in [5.74, 6) is 0.00559. The third-order valence-electron chi connectivity index (χ3n) is 3.15. The van der Waals surface area contributed by atoms with E-state index in [1.165, 1.54) is 0 Å². The van der Waals surface area contributed by atoms with E-state index in [0.717, 1.165) is 21.8 Å². The number of carbonyl (C=O) groups excluding carboxylic acids is 1. The number of hydrogen-bond donors (Lipinski definition) is 2. The summed E-state index contributed by atoms with van der Waals surface area (Å²) in [5, 5.41) is 6.81. The molecule has 0 atom stereocenters. The average Bonchev–Trinajstić information content (AvgIpc) is 2.50. The quantitative estimate of drug-likeness (QED) is 0.862. The molecule has 1 aromatic carbocycles. The van der Waals surface area contributed by atoms with Crippen molar-refractivity contribution in [3.63, 3.8) is 0 Å². The zero-order valence-corrected chi connectivity index (χ0v) is 12.7. The number of amides is 1. The lowest BCUT2D eigenvalue weighted by Crippen LogP contribution is -2.25. The van der Waals surface area contributed by atoms with E-state index in [1.54, 1.807) is 12.4 Å². The first-order valence-corrected chi connectivity index (χ1v) is 7.19. The fourth-order valence-corrected chi connectivity index (χ4v) is 2.08. The number of carbonyl (C=O) groups is 1. The van der Waals surface area contributed by atoms with Crippen LogP contribution in [0.25, 0.3) is 0 Å². The summed E-state index contributed by atoms with van der Waals surface area (Å²) in [7, 11) is 0. The van der Waals surface area contributed by atoms with E-state index in [4.69, 9.17) is 11.6 Å². The van der Waals surface area contributed by atoms with Crippen molar-refractivity contribution in [1.82, 2.24) is 10.3 Å². The molecular formula is C16H18ClN3O. The van der Waals surface area contributed by atoms with Gasteiger partial charge in [-0.05, 0) is 36.2 Å². The van der Waals surface area contributed by atoms with E-state index in [0.29, 0.717) is 19.5 Å². The van der Waals surface area contributed by atoms with Crippen molar-refractivity contribution >= 4 is 23.2 Å². The van der Waals surface area contributed by atoms with E-state index in [9.17, 15) is 4.79 Å². The first kappa shape index (κ1) is 15.3. The molecule has 0 aliphatic carbocycles. The van der Waals surface area contributed by atoms with Crippen LogP contribution in [0.5, 0.6) is 0 Å². The van der Waals surface area contributed by atoms with Crippen LogP contribution < -0.4 is 10.6 Å². The Labute approximate surface area is 129 Å². The second-order valence-corrected chi connectivity index (χ2v) is 5.13. The SMILES string of the molecule is Cc1c(Cl)cccc1NCCC(=O)NCc1cccnc1. The highest BCUT2D eigenvalue weighted by molar-refractivity contribution is 6.31. The highest BCUT2D eigenvalue weighted by Crippen LogP contribution is 2.22. The molecule has 2 rings (SSSR count). The van der Waals surface area contributed by atoms with Crippen LogP contribution in [-0.4, -0.2) is 17.4 Å². The number of aromatic nitrogens is 1. The van der Waals surface area contributed by atoms with Crippen molar-refractivity contribution < 1.29 is 4.79 Å². The molecule has 4 nitrogen and oxygen atoms in total. The highest BCUT2D eigenvalue weighted by atomic mass is 35.5. The lowest BCUT2D eigenvalue weighted by molar-refractivity contribution is -0.121. The van der Waals surface area contributed by atoms with Crippen LogP contribution in [0, 0.1) is 6.92 Å². The third kappa shape index (κ3) is 4.76. The topological polar surface area (TPSA) is 54.0 Å². The fraction of sp³-hybridized carbons (Fsp3) is 0.250. The fourth-order valence-electron chi connectivity index (χ4n) is 1.90. The summed E-state index contributed by atoms with van der Waals surface area (Å²) in [6.45, 7) is 3.02. The Bertz CT molecular complexity index is 602. The van der Waals surface area contributed by atoms with Crippen LogP contribution in [0.2, 0.25) is 5.02 Å². The van der Waals surface area contributed by atoms with Gasteiger partial charge in [0.1, 0.15) is 0 Å². The smallest absolute Gasteiger partial charge is 0.222 e. The van der Waals surface area contributed by atoms with Gasteiger partial charge in [-0.15, -0.1) is 0 Å². The Morgan fingerprint density at radius 3 is 2.90 bits per heavy atom. The maximum absolute atomic E-state index is 11.8. The van der Waals surface area contributed by atoms with Gasteiger partial charge < -0.3 is 10.6 Å². The van der Waals surface area contributed by atoms with Crippen molar-refractivity contribution in [2.24, 2.45) is 0 Å². The van der Waals surface area contributed by atoms with Gasteiger partial charge in [-0.25, -0.2) is 0 Å². The summed E-state index contributed by atoms with van der Waals surface area (Å²) in [6.07, 6.45) is 3.86. The molecule has 0 spiro atoms.